The van der Waals surface area contributed by atoms with Crippen LogP contribution >= 0.6 is 22.4 Å². The van der Waals surface area contributed by atoms with E-state index in [0.717, 1.165) is 0 Å². The Hall–Kier alpha value is -0.300. The van der Waals surface area contributed by atoms with Crippen LogP contribution in [-0.4, -0.2) is 26.9 Å². The van der Waals surface area contributed by atoms with Crippen LogP contribution in [0, 0.1) is 5.82 Å². The summed E-state index contributed by atoms with van der Waals surface area (Å²) in [5.74, 6) is -0.775. The highest BCUT2D eigenvalue weighted by Gasteiger charge is 2.21. The number of thioether (sulfide) groups is 1. The first-order chi connectivity index (χ1) is 7.94. The third kappa shape index (κ3) is 3.84. The fraction of sp³-hybridized carbons (Fsp3) is 0.400. The SMILES string of the molecule is O=S(=O)(Cl)Cc1ccc(SC2COC2)c(F)c1. The number of hydrogen-bond donors (Lipinski definition) is 0. The van der Waals surface area contributed by atoms with E-state index in [4.69, 9.17) is 15.4 Å². The number of rotatable bonds is 4. The van der Waals surface area contributed by atoms with E-state index in [0.29, 0.717) is 23.7 Å². The Labute approximate surface area is 108 Å². The summed E-state index contributed by atoms with van der Waals surface area (Å²) in [7, 11) is 1.46. The van der Waals surface area contributed by atoms with Gasteiger partial charge in [-0.05, 0) is 17.7 Å². The van der Waals surface area contributed by atoms with Gasteiger partial charge in [0, 0.05) is 15.6 Å². The van der Waals surface area contributed by atoms with Crippen molar-refractivity contribution in [2.24, 2.45) is 0 Å². The number of halogens is 2. The average Bonchev–Trinajstić information content (AvgIpc) is 2.11. The summed E-state index contributed by atoms with van der Waals surface area (Å²) in [5, 5.41) is 0.284. The molecule has 2 rings (SSSR count). The Balaban J connectivity index is 2.10. The van der Waals surface area contributed by atoms with Crippen LogP contribution in [-0.2, 0) is 19.5 Å². The van der Waals surface area contributed by atoms with Crippen molar-refractivity contribution < 1.29 is 17.5 Å². The molecule has 0 unspecified atom stereocenters. The van der Waals surface area contributed by atoms with E-state index in [1.54, 1.807) is 12.1 Å². The van der Waals surface area contributed by atoms with Gasteiger partial charge < -0.3 is 4.74 Å². The van der Waals surface area contributed by atoms with Crippen LogP contribution in [0.3, 0.4) is 0 Å². The maximum Gasteiger partial charge on any atom is 0.236 e. The van der Waals surface area contributed by atoms with E-state index in [-0.39, 0.29) is 11.0 Å². The molecule has 0 N–H and O–H groups in total. The molecule has 7 heteroatoms. The first-order valence-corrected chi connectivity index (χ1v) is 8.25. The summed E-state index contributed by atoms with van der Waals surface area (Å²) in [6, 6.07) is 4.36. The van der Waals surface area contributed by atoms with Gasteiger partial charge in [0.15, 0.2) is 0 Å². The lowest BCUT2D eigenvalue weighted by molar-refractivity contribution is 0.0455. The molecular formula is C10H10ClFO3S2. The van der Waals surface area contributed by atoms with Gasteiger partial charge in [0.25, 0.3) is 0 Å². The van der Waals surface area contributed by atoms with Gasteiger partial charge in [0.05, 0.1) is 24.2 Å². The lowest BCUT2D eigenvalue weighted by Gasteiger charge is -2.25. The number of hydrogen-bond acceptors (Lipinski definition) is 4. The molecule has 0 radical (unpaired) electrons. The quantitative estimate of drug-likeness (QED) is 0.800. The zero-order valence-electron chi connectivity index (χ0n) is 8.73. The first kappa shape index (κ1) is 13.1. The van der Waals surface area contributed by atoms with Gasteiger partial charge in [-0.25, -0.2) is 12.8 Å². The molecule has 0 aliphatic carbocycles. The molecule has 1 aromatic rings. The Bertz CT molecular complexity index is 514. The number of benzene rings is 1. The predicted molar refractivity (Wildman–Crippen MR) is 65.3 cm³/mol. The van der Waals surface area contributed by atoms with Crippen molar-refractivity contribution >= 4 is 31.5 Å². The molecule has 1 heterocycles. The van der Waals surface area contributed by atoms with Crippen molar-refractivity contribution in [3.8, 4) is 0 Å². The Morgan fingerprint density at radius 1 is 1.47 bits per heavy atom. The largest absolute Gasteiger partial charge is 0.379 e. The minimum atomic E-state index is -3.64. The van der Waals surface area contributed by atoms with Crippen LogP contribution in [0.1, 0.15) is 5.56 Å². The molecular weight excluding hydrogens is 287 g/mol. The van der Waals surface area contributed by atoms with E-state index in [1.807, 2.05) is 0 Å². The maximum absolute atomic E-state index is 13.6. The molecule has 94 valence electrons. The van der Waals surface area contributed by atoms with Crippen LogP contribution in [0.2, 0.25) is 0 Å². The van der Waals surface area contributed by atoms with E-state index in [9.17, 15) is 12.8 Å². The van der Waals surface area contributed by atoms with E-state index in [1.165, 1.54) is 17.8 Å². The molecule has 1 aliphatic rings. The minimum absolute atomic E-state index is 0.284. The lowest BCUT2D eigenvalue weighted by Crippen LogP contribution is -2.30. The molecule has 3 nitrogen and oxygen atoms in total. The monoisotopic (exact) mass is 296 g/mol. The maximum atomic E-state index is 13.6. The van der Waals surface area contributed by atoms with Crippen LogP contribution < -0.4 is 0 Å². The van der Waals surface area contributed by atoms with Crippen molar-refractivity contribution in [1.82, 2.24) is 0 Å². The van der Waals surface area contributed by atoms with Crippen LogP contribution in [0.15, 0.2) is 23.1 Å². The Morgan fingerprint density at radius 3 is 2.65 bits per heavy atom. The van der Waals surface area contributed by atoms with E-state index >= 15 is 0 Å². The van der Waals surface area contributed by atoms with Crippen LogP contribution in [0.25, 0.3) is 0 Å². The van der Waals surface area contributed by atoms with Crippen molar-refractivity contribution in [3.63, 3.8) is 0 Å². The first-order valence-electron chi connectivity index (χ1n) is 4.89. The van der Waals surface area contributed by atoms with Gasteiger partial charge in [-0.15, -0.1) is 11.8 Å². The van der Waals surface area contributed by atoms with E-state index in [2.05, 4.69) is 0 Å². The summed E-state index contributed by atoms with van der Waals surface area (Å²) in [5.41, 5.74) is 0.353. The lowest BCUT2D eigenvalue weighted by atomic mass is 10.2. The number of ether oxygens (including phenoxy) is 1. The van der Waals surface area contributed by atoms with E-state index < -0.39 is 14.9 Å². The molecule has 1 aromatic carbocycles. The molecule has 0 aromatic heterocycles. The van der Waals surface area contributed by atoms with Gasteiger partial charge in [0.2, 0.25) is 9.05 Å². The minimum Gasteiger partial charge on any atom is -0.379 e. The molecule has 1 saturated heterocycles. The summed E-state index contributed by atoms with van der Waals surface area (Å²) in [4.78, 5) is 0.508. The molecule has 0 atom stereocenters. The zero-order chi connectivity index (χ0) is 12.5. The topological polar surface area (TPSA) is 43.4 Å². The summed E-state index contributed by atoms with van der Waals surface area (Å²) in [6.07, 6.45) is 0. The van der Waals surface area contributed by atoms with Crippen molar-refractivity contribution in [3.05, 3.63) is 29.6 Å². The normalized spacial score (nSPS) is 16.8. The summed E-state index contributed by atoms with van der Waals surface area (Å²) < 4.78 is 40.3. The molecule has 0 amide bonds. The van der Waals surface area contributed by atoms with Gasteiger partial charge in [0.1, 0.15) is 5.82 Å². The molecule has 1 fully saturated rings. The third-order valence-corrected chi connectivity index (χ3v) is 4.43. The second kappa shape index (κ2) is 5.14. The fourth-order valence-electron chi connectivity index (χ4n) is 1.39. The molecule has 0 saturated carbocycles. The van der Waals surface area contributed by atoms with Crippen molar-refractivity contribution in [1.29, 1.82) is 0 Å². The second-order valence-corrected chi connectivity index (χ2v) is 7.84. The van der Waals surface area contributed by atoms with Crippen molar-refractivity contribution in [2.75, 3.05) is 13.2 Å². The molecule has 0 bridgehead atoms. The second-order valence-electron chi connectivity index (χ2n) is 3.73. The predicted octanol–water partition coefficient (Wildman–Crippen LogP) is 2.39. The molecule has 1 aliphatic heterocycles. The average molecular weight is 297 g/mol. The van der Waals surface area contributed by atoms with Crippen LogP contribution in [0.4, 0.5) is 4.39 Å². The van der Waals surface area contributed by atoms with Gasteiger partial charge in [-0.2, -0.15) is 0 Å². The van der Waals surface area contributed by atoms with Crippen LogP contribution in [0.5, 0.6) is 0 Å². The van der Waals surface area contributed by atoms with Gasteiger partial charge >= 0.3 is 0 Å². The fourth-order valence-corrected chi connectivity index (χ4v) is 3.35. The highest BCUT2D eigenvalue weighted by Crippen LogP contribution is 2.30. The standard InChI is InChI=1S/C10H10ClFO3S2/c11-17(13,14)6-7-1-2-10(9(12)3-7)16-8-4-15-5-8/h1-3,8H,4-6H2. The zero-order valence-corrected chi connectivity index (χ0v) is 11.1. The highest BCUT2D eigenvalue weighted by molar-refractivity contribution is 8.13. The molecule has 0 spiro atoms. The van der Waals surface area contributed by atoms with Crippen molar-refractivity contribution in [2.45, 2.75) is 15.9 Å². The Morgan fingerprint density at radius 2 is 2.18 bits per heavy atom. The summed E-state index contributed by atoms with van der Waals surface area (Å²) >= 11 is 1.40. The Kier molecular flexibility index (Phi) is 3.97. The third-order valence-electron chi connectivity index (χ3n) is 2.24. The van der Waals surface area contributed by atoms with Gasteiger partial charge in [-0.1, -0.05) is 6.07 Å². The highest BCUT2D eigenvalue weighted by atomic mass is 35.7. The summed E-state index contributed by atoms with van der Waals surface area (Å²) in [6.45, 7) is 1.25. The molecule has 17 heavy (non-hydrogen) atoms. The smallest absolute Gasteiger partial charge is 0.236 e. The van der Waals surface area contributed by atoms with Gasteiger partial charge in [-0.3, -0.25) is 0 Å².